The van der Waals surface area contributed by atoms with Crippen LogP contribution in [0.3, 0.4) is 0 Å². The second kappa shape index (κ2) is 5.90. The molecule has 2 rings (SSSR count). The molecule has 1 aliphatic heterocycles. The number of halogens is 1. The van der Waals surface area contributed by atoms with Gasteiger partial charge in [0.15, 0.2) is 0 Å². The van der Waals surface area contributed by atoms with Crippen LogP contribution in [0.15, 0.2) is 22.7 Å². The monoisotopic (exact) mass is 328 g/mol. The van der Waals surface area contributed by atoms with E-state index in [1.165, 1.54) is 0 Å². The molecule has 1 aromatic rings. The maximum atomic E-state index is 11.8. The topological polar surface area (TPSA) is 59.6 Å². The Kier molecular flexibility index (Phi) is 4.44. The predicted octanol–water partition coefficient (Wildman–Crippen LogP) is 1.77. The highest BCUT2D eigenvalue weighted by atomic mass is 79.9. The average molecular weight is 329 g/mol. The van der Waals surface area contributed by atoms with Gasteiger partial charge in [-0.3, -0.25) is 4.79 Å². The molecule has 0 radical (unpaired) electrons. The SMILES string of the molecule is COc1cc(NC(=O)COC2(C)CNC2)ccc1Br. The molecular formula is C13H17BrN2O3. The van der Waals surface area contributed by atoms with E-state index in [1.807, 2.05) is 13.0 Å². The summed E-state index contributed by atoms with van der Waals surface area (Å²) in [7, 11) is 1.58. The number of carbonyl (C=O) groups excluding carboxylic acids is 1. The molecule has 19 heavy (non-hydrogen) atoms. The van der Waals surface area contributed by atoms with Gasteiger partial charge in [-0.15, -0.1) is 0 Å². The molecule has 0 aliphatic carbocycles. The Morgan fingerprint density at radius 3 is 2.84 bits per heavy atom. The van der Waals surface area contributed by atoms with Crippen LogP contribution in [0.25, 0.3) is 0 Å². The highest BCUT2D eigenvalue weighted by molar-refractivity contribution is 9.10. The Hall–Kier alpha value is -1.11. The van der Waals surface area contributed by atoms with Crippen molar-refractivity contribution in [3.63, 3.8) is 0 Å². The van der Waals surface area contributed by atoms with Crippen LogP contribution < -0.4 is 15.4 Å². The summed E-state index contributed by atoms with van der Waals surface area (Å²) in [6.45, 7) is 3.61. The Balaban J connectivity index is 1.88. The van der Waals surface area contributed by atoms with Crippen molar-refractivity contribution in [2.45, 2.75) is 12.5 Å². The molecule has 1 amide bonds. The summed E-state index contributed by atoms with van der Waals surface area (Å²) in [6, 6.07) is 5.39. The number of carbonyl (C=O) groups is 1. The van der Waals surface area contributed by atoms with Crippen LogP contribution >= 0.6 is 15.9 Å². The minimum absolute atomic E-state index is 0.0521. The summed E-state index contributed by atoms with van der Waals surface area (Å²) in [6.07, 6.45) is 0. The number of nitrogens with one attached hydrogen (secondary N) is 2. The van der Waals surface area contributed by atoms with Crippen molar-refractivity contribution in [2.24, 2.45) is 0 Å². The zero-order valence-electron chi connectivity index (χ0n) is 11.0. The van der Waals surface area contributed by atoms with E-state index in [9.17, 15) is 4.79 Å². The van der Waals surface area contributed by atoms with E-state index in [0.29, 0.717) is 11.4 Å². The second-order valence-corrected chi connectivity index (χ2v) is 5.59. The van der Waals surface area contributed by atoms with Crippen molar-refractivity contribution >= 4 is 27.5 Å². The standard InChI is InChI=1S/C13H17BrN2O3/c1-13(7-15-8-13)19-6-12(17)16-9-3-4-10(14)11(5-9)18-2/h3-5,15H,6-8H2,1-2H3,(H,16,17). The molecule has 0 atom stereocenters. The van der Waals surface area contributed by atoms with Gasteiger partial charge in [-0.2, -0.15) is 0 Å². The van der Waals surface area contributed by atoms with Gasteiger partial charge in [0.05, 0.1) is 17.2 Å². The molecule has 1 fully saturated rings. The molecule has 0 unspecified atom stereocenters. The molecule has 0 spiro atoms. The quantitative estimate of drug-likeness (QED) is 0.864. The lowest BCUT2D eigenvalue weighted by molar-refractivity contribution is -0.130. The Labute approximate surface area is 120 Å². The molecule has 1 aliphatic rings. The zero-order chi connectivity index (χ0) is 13.9. The van der Waals surface area contributed by atoms with Gasteiger partial charge in [-0.05, 0) is 35.0 Å². The third-order valence-corrected chi connectivity index (χ3v) is 3.64. The first-order valence-corrected chi connectivity index (χ1v) is 6.80. The molecule has 0 bridgehead atoms. The molecule has 2 N–H and O–H groups in total. The number of methoxy groups -OCH3 is 1. The van der Waals surface area contributed by atoms with Crippen LogP contribution in [0.2, 0.25) is 0 Å². The molecule has 104 valence electrons. The molecular weight excluding hydrogens is 312 g/mol. The van der Waals surface area contributed by atoms with E-state index < -0.39 is 0 Å². The summed E-state index contributed by atoms with van der Waals surface area (Å²) in [5.74, 6) is 0.506. The van der Waals surface area contributed by atoms with Gasteiger partial charge in [0, 0.05) is 24.8 Å². The fourth-order valence-corrected chi connectivity index (χ4v) is 2.16. The molecule has 5 nitrogen and oxygen atoms in total. The molecule has 0 saturated carbocycles. The van der Waals surface area contributed by atoms with Crippen molar-refractivity contribution in [3.8, 4) is 5.75 Å². The van der Waals surface area contributed by atoms with Gasteiger partial charge in [0.1, 0.15) is 12.4 Å². The summed E-state index contributed by atoms with van der Waals surface area (Å²) in [5.41, 5.74) is 0.472. The smallest absolute Gasteiger partial charge is 0.250 e. The fraction of sp³-hybridized carbons (Fsp3) is 0.462. The number of hydrogen-bond donors (Lipinski definition) is 2. The second-order valence-electron chi connectivity index (χ2n) is 4.74. The Morgan fingerprint density at radius 1 is 1.53 bits per heavy atom. The van der Waals surface area contributed by atoms with Crippen molar-refractivity contribution in [2.75, 3.05) is 32.1 Å². The lowest BCUT2D eigenvalue weighted by atomic mass is 10.0. The number of amides is 1. The molecule has 1 aromatic carbocycles. The van der Waals surface area contributed by atoms with Gasteiger partial charge < -0.3 is 20.1 Å². The zero-order valence-corrected chi connectivity index (χ0v) is 12.5. The number of hydrogen-bond acceptors (Lipinski definition) is 4. The summed E-state index contributed by atoms with van der Waals surface area (Å²) < 4.78 is 11.6. The molecule has 1 heterocycles. The fourth-order valence-electron chi connectivity index (χ4n) is 1.75. The first-order valence-electron chi connectivity index (χ1n) is 6.00. The van der Waals surface area contributed by atoms with Crippen LogP contribution in [0, 0.1) is 0 Å². The normalized spacial score (nSPS) is 16.6. The number of ether oxygens (including phenoxy) is 2. The number of anilines is 1. The van der Waals surface area contributed by atoms with Gasteiger partial charge >= 0.3 is 0 Å². The van der Waals surface area contributed by atoms with Crippen LogP contribution in [0.1, 0.15) is 6.92 Å². The van der Waals surface area contributed by atoms with Gasteiger partial charge in [-0.1, -0.05) is 0 Å². The first kappa shape index (κ1) is 14.3. The van der Waals surface area contributed by atoms with Gasteiger partial charge in [-0.25, -0.2) is 0 Å². The largest absolute Gasteiger partial charge is 0.495 e. The van der Waals surface area contributed by atoms with Crippen molar-refractivity contribution in [1.82, 2.24) is 5.32 Å². The average Bonchev–Trinajstić information content (AvgIpc) is 2.36. The number of benzene rings is 1. The predicted molar refractivity (Wildman–Crippen MR) is 76.6 cm³/mol. The van der Waals surface area contributed by atoms with Gasteiger partial charge in [0.2, 0.25) is 5.91 Å². The van der Waals surface area contributed by atoms with E-state index in [4.69, 9.17) is 9.47 Å². The van der Waals surface area contributed by atoms with Crippen molar-refractivity contribution < 1.29 is 14.3 Å². The minimum Gasteiger partial charge on any atom is -0.495 e. The lowest BCUT2D eigenvalue weighted by Crippen LogP contribution is -2.59. The van der Waals surface area contributed by atoms with E-state index in [0.717, 1.165) is 17.6 Å². The van der Waals surface area contributed by atoms with Crippen LogP contribution in [-0.4, -0.2) is 38.3 Å². The third-order valence-electron chi connectivity index (χ3n) is 2.98. The summed E-state index contributed by atoms with van der Waals surface area (Å²) >= 11 is 3.36. The van der Waals surface area contributed by atoms with Crippen molar-refractivity contribution in [3.05, 3.63) is 22.7 Å². The highest BCUT2D eigenvalue weighted by Gasteiger charge is 2.32. The number of rotatable bonds is 5. The van der Waals surface area contributed by atoms with E-state index in [2.05, 4.69) is 26.6 Å². The first-order chi connectivity index (χ1) is 9.02. The minimum atomic E-state index is -0.214. The maximum Gasteiger partial charge on any atom is 0.250 e. The molecule has 6 heteroatoms. The Bertz CT molecular complexity index is 475. The molecule has 1 saturated heterocycles. The van der Waals surface area contributed by atoms with E-state index >= 15 is 0 Å². The van der Waals surface area contributed by atoms with Crippen LogP contribution in [-0.2, 0) is 9.53 Å². The van der Waals surface area contributed by atoms with Crippen LogP contribution in [0.5, 0.6) is 5.75 Å². The Morgan fingerprint density at radius 2 is 2.26 bits per heavy atom. The summed E-state index contributed by atoms with van der Waals surface area (Å²) in [4.78, 5) is 11.8. The highest BCUT2D eigenvalue weighted by Crippen LogP contribution is 2.27. The van der Waals surface area contributed by atoms with E-state index in [-0.39, 0.29) is 18.1 Å². The maximum absolute atomic E-state index is 11.8. The van der Waals surface area contributed by atoms with Gasteiger partial charge in [0.25, 0.3) is 0 Å². The molecule has 0 aromatic heterocycles. The lowest BCUT2D eigenvalue weighted by Gasteiger charge is -2.38. The van der Waals surface area contributed by atoms with E-state index in [1.54, 1.807) is 19.2 Å². The summed E-state index contributed by atoms with van der Waals surface area (Å²) in [5, 5.41) is 5.90. The van der Waals surface area contributed by atoms with Crippen LogP contribution in [0.4, 0.5) is 5.69 Å². The van der Waals surface area contributed by atoms with Crippen molar-refractivity contribution in [1.29, 1.82) is 0 Å². The third kappa shape index (κ3) is 3.68.